The predicted octanol–water partition coefficient (Wildman–Crippen LogP) is 1.98. The van der Waals surface area contributed by atoms with E-state index in [-0.39, 0.29) is 12.6 Å². The highest BCUT2D eigenvalue weighted by Crippen LogP contribution is 2.11. The molecule has 1 unspecified atom stereocenters. The van der Waals surface area contributed by atoms with Gasteiger partial charge in [0.25, 0.3) is 0 Å². The van der Waals surface area contributed by atoms with Crippen LogP contribution in [0.5, 0.6) is 0 Å². The van der Waals surface area contributed by atoms with E-state index in [4.69, 9.17) is 5.11 Å². The normalized spacial score (nSPS) is 17.9. The molecule has 0 bridgehead atoms. The first-order chi connectivity index (χ1) is 8.27. The molecule has 0 radical (unpaired) electrons. The molecular weight excluding hydrogens is 216 g/mol. The number of aliphatic hydroxyl groups is 1. The quantitative estimate of drug-likeness (QED) is 0.748. The third-order valence-electron chi connectivity index (χ3n) is 3.42. The summed E-state index contributed by atoms with van der Waals surface area (Å²) in [6, 6.07) is 0.0729. The maximum absolute atomic E-state index is 11.9. The van der Waals surface area contributed by atoms with Gasteiger partial charge in [0.15, 0.2) is 0 Å². The Hall–Kier alpha value is -0.770. The van der Waals surface area contributed by atoms with Gasteiger partial charge in [-0.2, -0.15) is 0 Å². The molecule has 2 N–H and O–H groups in total. The Morgan fingerprint density at radius 3 is 2.59 bits per heavy atom. The first-order valence-electron chi connectivity index (χ1n) is 6.91. The second kappa shape index (κ2) is 8.34. The molecule has 0 saturated carbocycles. The predicted molar refractivity (Wildman–Crippen MR) is 68.9 cm³/mol. The van der Waals surface area contributed by atoms with Crippen LogP contribution >= 0.6 is 0 Å². The number of likely N-dealkylation sites (tertiary alicyclic amines) is 1. The van der Waals surface area contributed by atoms with Crippen LogP contribution < -0.4 is 5.32 Å². The zero-order chi connectivity index (χ0) is 12.5. The number of rotatable bonds is 6. The van der Waals surface area contributed by atoms with Crippen LogP contribution in [0.15, 0.2) is 0 Å². The molecule has 0 aromatic heterocycles. The maximum atomic E-state index is 11.9. The molecule has 1 saturated heterocycles. The summed E-state index contributed by atoms with van der Waals surface area (Å²) in [5, 5.41) is 12.0. The van der Waals surface area contributed by atoms with Crippen molar-refractivity contribution in [1.29, 1.82) is 0 Å². The lowest BCUT2D eigenvalue weighted by atomic mass is 10.0. The van der Waals surface area contributed by atoms with E-state index in [1.165, 1.54) is 6.42 Å². The van der Waals surface area contributed by atoms with Gasteiger partial charge in [-0.15, -0.1) is 0 Å². The van der Waals surface area contributed by atoms with Crippen molar-refractivity contribution < 1.29 is 9.90 Å². The molecule has 0 aromatic carbocycles. The molecule has 1 atom stereocenters. The van der Waals surface area contributed by atoms with Crippen LogP contribution in [0.4, 0.5) is 4.79 Å². The van der Waals surface area contributed by atoms with E-state index in [9.17, 15) is 4.79 Å². The summed E-state index contributed by atoms with van der Waals surface area (Å²) in [6.07, 6.45) is 6.46. The number of hydrogen-bond acceptors (Lipinski definition) is 2. The molecule has 1 heterocycles. The monoisotopic (exact) mass is 242 g/mol. The Kier molecular flexibility index (Phi) is 7.01. The van der Waals surface area contributed by atoms with Crippen LogP contribution in [0.2, 0.25) is 0 Å². The zero-order valence-corrected chi connectivity index (χ0v) is 11.0. The van der Waals surface area contributed by atoms with E-state index in [1.54, 1.807) is 0 Å². The summed E-state index contributed by atoms with van der Waals surface area (Å²) in [5.74, 6) is 0.416. The molecule has 4 heteroatoms. The highest BCUT2D eigenvalue weighted by atomic mass is 16.3. The average molecular weight is 242 g/mol. The van der Waals surface area contributed by atoms with Gasteiger partial charge in [-0.1, -0.05) is 13.3 Å². The number of amides is 2. The summed E-state index contributed by atoms with van der Waals surface area (Å²) >= 11 is 0. The Morgan fingerprint density at radius 2 is 2.00 bits per heavy atom. The van der Waals surface area contributed by atoms with E-state index in [2.05, 4.69) is 12.2 Å². The van der Waals surface area contributed by atoms with Gasteiger partial charge in [-0.05, 0) is 38.0 Å². The van der Waals surface area contributed by atoms with E-state index >= 15 is 0 Å². The second-order valence-electron chi connectivity index (χ2n) is 4.90. The van der Waals surface area contributed by atoms with Crippen molar-refractivity contribution in [2.24, 2.45) is 5.92 Å². The van der Waals surface area contributed by atoms with Crippen molar-refractivity contribution in [3.63, 3.8) is 0 Å². The molecule has 4 nitrogen and oxygen atoms in total. The standard InChI is InChI=1S/C13H26N2O2/c1-2-6-12(7-10-16)11-14-13(17)15-8-4-3-5-9-15/h12,16H,2-11H2,1H3,(H,14,17). The number of aliphatic hydroxyl groups excluding tert-OH is 1. The minimum absolute atomic E-state index is 0.0729. The number of piperidine rings is 1. The largest absolute Gasteiger partial charge is 0.396 e. The molecule has 2 amide bonds. The Balaban J connectivity index is 2.24. The van der Waals surface area contributed by atoms with Crippen LogP contribution in [0, 0.1) is 5.92 Å². The van der Waals surface area contributed by atoms with Crippen molar-refractivity contribution in [1.82, 2.24) is 10.2 Å². The smallest absolute Gasteiger partial charge is 0.317 e. The van der Waals surface area contributed by atoms with E-state index in [0.29, 0.717) is 12.5 Å². The average Bonchev–Trinajstić information content (AvgIpc) is 2.37. The molecule has 1 aliphatic rings. The Bertz CT molecular complexity index is 209. The summed E-state index contributed by atoms with van der Waals surface area (Å²) in [4.78, 5) is 13.8. The number of carbonyl (C=O) groups is 1. The van der Waals surface area contributed by atoms with Crippen LogP contribution in [0.3, 0.4) is 0 Å². The molecule has 0 spiro atoms. The van der Waals surface area contributed by atoms with E-state index < -0.39 is 0 Å². The van der Waals surface area contributed by atoms with E-state index in [0.717, 1.165) is 45.2 Å². The lowest BCUT2D eigenvalue weighted by molar-refractivity contribution is 0.182. The van der Waals surface area contributed by atoms with Gasteiger partial charge >= 0.3 is 6.03 Å². The highest BCUT2D eigenvalue weighted by Gasteiger charge is 2.17. The zero-order valence-electron chi connectivity index (χ0n) is 11.0. The number of hydrogen-bond donors (Lipinski definition) is 2. The summed E-state index contributed by atoms with van der Waals surface area (Å²) in [5.41, 5.74) is 0. The fourth-order valence-corrected chi connectivity index (χ4v) is 2.38. The molecule has 1 aliphatic heterocycles. The van der Waals surface area contributed by atoms with Gasteiger partial charge in [0, 0.05) is 26.2 Å². The summed E-state index contributed by atoms with van der Waals surface area (Å²) in [7, 11) is 0. The Labute approximate surface area is 104 Å². The van der Waals surface area contributed by atoms with Crippen LogP contribution in [-0.4, -0.2) is 42.3 Å². The summed E-state index contributed by atoms with van der Waals surface area (Å²) < 4.78 is 0. The minimum Gasteiger partial charge on any atom is -0.396 e. The molecule has 1 rings (SSSR count). The number of nitrogens with zero attached hydrogens (tertiary/aromatic N) is 1. The van der Waals surface area contributed by atoms with Gasteiger partial charge in [0.2, 0.25) is 0 Å². The molecule has 100 valence electrons. The number of carbonyl (C=O) groups excluding carboxylic acids is 1. The van der Waals surface area contributed by atoms with Gasteiger partial charge in [-0.3, -0.25) is 0 Å². The van der Waals surface area contributed by atoms with Gasteiger partial charge < -0.3 is 15.3 Å². The lowest BCUT2D eigenvalue weighted by Gasteiger charge is -2.27. The molecule has 0 aromatic rings. The third kappa shape index (κ3) is 5.39. The SMILES string of the molecule is CCCC(CCO)CNC(=O)N1CCCCC1. The summed E-state index contributed by atoms with van der Waals surface area (Å²) in [6.45, 7) is 4.83. The van der Waals surface area contributed by atoms with Gasteiger partial charge in [0.05, 0.1) is 0 Å². The van der Waals surface area contributed by atoms with Gasteiger partial charge in [-0.25, -0.2) is 4.79 Å². The van der Waals surface area contributed by atoms with E-state index in [1.807, 2.05) is 4.90 Å². The first kappa shape index (κ1) is 14.3. The topological polar surface area (TPSA) is 52.6 Å². The van der Waals surface area contributed by atoms with Crippen molar-refractivity contribution in [3.8, 4) is 0 Å². The fraction of sp³-hybridized carbons (Fsp3) is 0.923. The van der Waals surface area contributed by atoms with Crippen LogP contribution in [0.1, 0.15) is 45.4 Å². The van der Waals surface area contributed by atoms with Crippen molar-refractivity contribution >= 4 is 6.03 Å². The minimum atomic E-state index is 0.0729. The molecule has 1 fully saturated rings. The Morgan fingerprint density at radius 1 is 1.29 bits per heavy atom. The number of urea groups is 1. The molecule has 0 aliphatic carbocycles. The molecular formula is C13H26N2O2. The highest BCUT2D eigenvalue weighted by molar-refractivity contribution is 5.74. The van der Waals surface area contributed by atoms with Crippen LogP contribution in [-0.2, 0) is 0 Å². The second-order valence-corrected chi connectivity index (χ2v) is 4.90. The first-order valence-corrected chi connectivity index (χ1v) is 6.91. The van der Waals surface area contributed by atoms with Gasteiger partial charge in [0.1, 0.15) is 0 Å². The number of nitrogens with one attached hydrogen (secondary N) is 1. The molecule has 17 heavy (non-hydrogen) atoms. The fourth-order valence-electron chi connectivity index (χ4n) is 2.38. The van der Waals surface area contributed by atoms with Crippen molar-refractivity contribution in [3.05, 3.63) is 0 Å². The van der Waals surface area contributed by atoms with Crippen LogP contribution in [0.25, 0.3) is 0 Å². The third-order valence-corrected chi connectivity index (χ3v) is 3.42. The lowest BCUT2D eigenvalue weighted by Crippen LogP contribution is -2.44. The maximum Gasteiger partial charge on any atom is 0.317 e. The van der Waals surface area contributed by atoms with Crippen molar-refractivity contribution in [2.75, 3.05) is 26.2 Å². The van der Waals surface area contributed by atoms with Crippen molar-refractivity contribution in [2.45, 2.75) is 45.4 Å².